The van der Waals surface area contributed by atoms with Gasteiger partial charge in [0.2, 0.25) is 0 Å². The summed E-state index contributed by atoms with van der Waals surface area (Å²) in [7, 11) is 0. The summed E-state index contributed by atoms with van der Waals surface area (Å²) in [5, 5.41) is 8.74. The van der Waals surface area contributed by atoms with E-state index in [-0.39, 0.29) is 0 Å². The predicted octanol–water partition coefficient (Wildman–Crippen LogP) is 2.13. The van der Waals surface area contributed by atoms with E-state index in [2.05, 4.69) is 11.0 Å². The molecule has 1 saturated heterocycles. The third-order valence-electron chi connectivity index (χ3n) is 2.85. The van der Waals surface area contributed by atoms with Crippen LogP contribution in [-0.4, -0.2) is 13.1 Å². The molecule has 1 aromatic carbocycles. The SMILES string of the molecule is N#Cc1ccc(N2CCCCC2)c(N)c1. The molecule has 0 spiro atoms. The quantitative estimate of drug-likeness (QED) is 0.708. The molecule has 0 unspecified atom stereocenters. The molecule has 0 saturated carbocycles. The normalized spacial score (nSPS) is 16.1. The summed E-state index contributed by atoms with van der Waals surface area (Å²) >= 11 is 0. The molecular weight excluding hydrogens is 186 g/mol. The van der Waals surface area contributed by atoms with E-state index >= 15 is 0 Å². The summed E-state index contributed by atoms with van der Waals surface area (Å²) in [5.74, 6) is 0. The van der Waals surface area contributed by atoms with Crippen LogP contribution in [0.1, 0.15) is 24.8 Å². The molecule has 0 atom stereocenters. The van der Waals surface area contributed by atoms with E-state index < -0.39 is 0 Å². The standard InChI is InChI=1S/C12H15N3/c13-9-10-4-5-12(11(14)8-10)15-6-2-1-3-7-15/h4-5,8H,1-3,6-7,14H2. The zero-order valence-electron chi connectivity index (χ0n) is 8.74. The van der Waals surface area contributed by atoms with Gasteiger partial charge < -0.3 is 10.6 Å². The highest BCUT2D eigenvalue weighted by atomic mass is 15.1. The Bertz CT molecular complexity index is 386. The van der Waals surface area contributed by atoms with Gasteiger partial charge in [-0.3, -0.25) is 0 Å². The van der Waals surface area contributed by atoms with Crippen molar-refractivity contribution in [2.75, 3.05) is 23.7 Å². The van der Waals surface area contributed by atoms with Crippen LogP contribution < -0.4 is 10.6 Å². The van der Waals surface area contributed by atoms with E-state index in [4.69, 9.17) is 11.0 Å². The average Bonchev–Trinajstić information content (AvgIpc) is 2.30. The summed E-state index contributed by atoms with van der Waals surface area (Å²) in [6.45, 7) is 2.16. The number of benzene rings is 1. The maximum atomic E-state index is 8.74. The van der Waals surface area contributed by atoms with E-state index in [0.717, 1.165) is 24.5 Å². The molecule has 0 amide bonds. The lowest BCUT2D eigenvalue weighted by atomic mass is 10.1. The number of nitrogens with zero attached hydrogens (tertiary/aromatic N) is 2. The van der Waals surface area contributed by atoms with Gasteiger partial charge in [0.05, 0.1) is 23.0 Å². The Kier molecular flexibility index (Phi) is 2.77. The first-order valence-electron chi connectivity index (χ1n) is 5.36. The van der Waals surface area contributed by atoms with Gasteiger partial charge in [-0.15, -0.1) is 0 Å². The lowest BCUT2D eigenvalue weighted by Crippen LogP contribution is -2.29. The molecule has 1 aromatic rings. The lowest BCUT2D eigenvalue weighted by molar-refractivity contribution is 0.578. The first kappa shape index (κ1) is 9.85. The van der Waals surface area contributed by atoms with E-state index in [1.54, 1.807) is 6.07 Å². The predicted molar refractivity (Wildman–Crippen MR) is 61.6 cm³/mol. The lowest BCUT2D eigenvalue weighted by Gasteiger charge is -2.29. The first-order valence-corrected chi connectivity index (χ1v) is 5.36. The monoisotopic (exact) mass is 201 g/mol. The number of rotatable bonds is 1. The van der Waals surface area contributed by atoms with Crippen LogP contribution in [-0.2, 0) is 0 Å². The van der Waals surface area contributed by atoms with Crippen molar-refractivity contribution in [3.05, 3.63) is 23.8 Å². The Balaban J connectivity index is 2.24. The van der Waals surface area contributed by atoms with E-state index in [1.807, 2.05) is 12.1 Å². The van der Waals surface area contributed by atoms with Crippen LogP contribution >= 0.6 is 0 Å². The van der Waals surface area contributed by atoms with Gasteiger partial charge in [0.1, 0.15) is 0 Å². The summed E-state index contributed by atoms with van der Waals surface area (Å²) in [6.07, 6.45) is 3.78. The van der Waals surface area contributed by atoms with Crippen molar-refractivity contribution in [1.82, 2.24) is 0 Å². The molecule has 0 aliphatic carbocycles. The highest BCUT2D eigenvalue weighted by Crippen LogP contribution is 2.26. The van der Waals surface area contributed by atoms with Gasteiger partial charge in [-0.05, 0) is 37.5 Å². The minimum atomic E-state index is 0.633. The minimum Gasteiger partial charge on any atom is -0.397 e. The van der Waals surface area contributed by atoms with Crippen LogP contribution in [0, 0.1) is 11.3 Å². The second-order valence-electron chi connectivity index (χ2n) is 3.93. The molecular formula is C12H15N3. The summed E-state index contributed by atoms with van der Waals surface area (Å²) in [4.78, 5) is 2.31. The Morgan fingerprint density at radius 3 is 2.53 bits per heavy atom. The number of piperidine rings is 1. The van der Waals surface area contributed by atoms with Gasteiger partial charge in [-0.2, -0.15) is 5.26 Å². The number of hydrogen-bond donors (Lipinski definition) is 1. The number of nitriles is 1. The van der Waals surface area contributed by atoms with E-state index in [9.17, 15) is 0 Å². The highest BCUT2D eigenvalue weighted by molar-refractivity contribution is 5.69. The number of nitrogens with two attached hydrogens (primary N) is 1. The van der Waals surface area contributed by atoms with Crippen LogP contribution in [0.4, 0.5) is 11.4 Å². The van der Waals surface area contributed by atoms with Crippen molar-refractivity contribution in [2.45, 2.75) is 19.3 Å². The number of nitrogen functional groups attached to an aromatic ring is 1. The molecule has 3 heteroatoms. The molecule has 0 bridgehead atoms. The van der Waals surface area contributed by atoms with Gasteiger partial charge in [0.25, 0.3) is 0 Å². The summed E-state index contributed by atoms with van der Waals surface area (Å²) in [5.41, 5.74) is 8.36. The Morgan fingerprint density at radius 1 is 1.20 bits per heavy atom. The third-order valence-corrected chi connectivity index (χ3v) is 2.85. The largest absolute Gasteiger partial charge is 0.397 e. The fraction of sp³-hybridized carbons (Fsp3) is 0.417. The molecule has 0 aromatic heterocycles. The van der Waals surface area contributed by atoms with E-state index in [0.29, 0.717) is 5.56 Å². The van der Waals surface area contributed by atoms with Gasteiger partial charge in [-0.25, -0.2) is 0 Å². The van der Waals surface area contributed by atoms with Crippen LogP contribution in [0.3, 0.4) is 0 Å². The van der Waals surface area contributed by atoms with Crippen LogP contribution in [0.2, 0.25) is 0 Å². The zero-order chi connectivity index (χ0) is 10.7. The molecule has 2 rings (SSSR count). The number of hydrogen-bond acceptors (Lipinski definition) is 3. The fourth-order valence-electron chi connectivity index (χ4n) is 2.05. The Labute approximate surface area is 90.1 Å². The van der Waals surface area contributed by atoms with Crippen molar-refractivity contribution < 1.29 is 0 Å². The maximum absolute atomic E-state index is 8.74. The van der Waals surface area contributed by atoms with E-state index in [1.165, 1.54) is 19.3 Å². The third kappa shape index (κ3) is 2.04. The molecule has 1 aliphatic rings. The summed E-state index contributed by atoms with van der Waals surface area (Å²) in [6, 6.07) is 7.64. The van der Waals surface area contributed by atoms with Gasteiger partial charge in [0.15, 0.2) is 0 Å². The molecule has 3 nitrogen and oxygen atoms in total. The average molecular weight is 201 g/mol. The zero-order valence-corrected chi connectivity index (χ0v) is 8.74. The minimum absolute atomic E-state index is 0.633. The molecule has 0 radical (unpaired) electrons. The van der Waals surface area contributed by atoms with Crippen LogP contribution in [0.15, 0.2) is 18.2 Å². The molecule has 15 heavy (non-hydrogen) atoms. The molecule has 1 fully saturated rings. The van der Waals surface area contributed by atoms with Gasteiger partial charge in [0, 0.05) is 13.1 Å². The van der Waals surface area contributed by atoms with Crippen molar-refractivity contribution in [3.8, 4) is 6.07 Å². The highest BCUT2D eigenvalue weighted by Gasteiger charge is 2.13. The molecule has 1 aliphatic heterocycles. The Morgan fingerprint density at radius 2 is 1.93 bits per heavy atom. The Hall–Kier alpha value is -1.69. The first-order chi connectivity index (χ1) is 7.31. The van der Waals surface area contributed by atoms with Crippen LogP contribution in [0.5, 0.6) is 0 Å². The molecule has 78 valence electrons. The summed E-state index contributed by atoms with van der Waals surface area (Å²) < 4.78 is 0. The fourth-order valence-corrected chi connectivity index (χ4v) is 2.05. The number of anilines is 2. The second kappa shape index (κ2) is 4.22. The second-order valence-corrected chi connectivity index (χ2v) is 3.93. The van der Waals surface area contributed by atoms with Crippen molar-refractivity contribution in [3.63, 3.8) is 0 Å². The maximum Gasteiger partial charge on any atom is 0.0992 e. The van der Waals surface area contributed by atoms with Crippen molar-refractivity contribution >= 4 is 11.4 Å². The van der Waals surface area contributed by atoms with Crippen LogP contribution in [0.25, 0.3) is 0 Å². The van der Waals surface area contributed by atoms with Gasteiger partial charge >= 0.3 is 0 Å². The molecule has 2 N–H and O–H groups in total. The van der Waals surface area contributed by atoms with Crippen molar-refractivity contribution in [2.24, 2.45) is 0 Å². The topological polar surface area (TPSA) is 53.0 Å². The molecule has 1 heterocycles. The smallest absolute Gasteiger partial charge is 0.0992 e. The van der Waals surface area contributed by atoms with Gasteiger partial charge in [-0.1, -0.05) is 0 Å². The van der Waals surface area contributed by atoms with Crippen molar-refractivity contribution in [1.29, 1.82) is 5.26 Å².